The maximum Gasteiger partial charge on any atom is 0.308 e. The van der Waals surface area contributed by atoms with E-state index in [1.54, 1.807) is 0 Å². The lowest BCUT2D eigenvalue weighted by atomic mass is 10.2. The minimum Gasteiger partial charge on any atom is -0.464 e. The highest BCUT2D eigenvalue weighted by atomic mass is 16.5. The number of nitrogens with one attached hydrogen (secondary N) is 1. The minimum absolute atomic E-state index is 0.00162. The van der Waals surface area contributed by atoms with Crippen LogP contribution >= 0.6 is 0 Å². The number of hydrogen-bond donors (Lipinski definition) is 1. The molecule has 0 amide bonds. The predicted molar refractivity (Wildman–Crippen MR) is 56.1 cm³/mol. The molecule has 14 heavy (non-hydrogen) atoms. The molecule has 1 aliphatic rings. The molecule has 1 rings (SSSR count). The average molecular weight is 199 g/mol. The maximum absolute atomic E-state index is 11.2. The van der Waals surface area contributed by atoms with Crippen molar-refractivity contribution < 1.29 is 9.53 Å². The summed E-state index contributed by atoms with van der Waals surface area (Å²) < 4.78 is 5.21. The van der Waals surface area contributed by atoms with Gasteiger partial charge in [0, 0.05) is 6.04 Å². The molecular formula is C11H21NO2. The van der Waals surface area contributed by atoms with Gasteiger partial charge < -0.3 is 10.1 Å². The number of esters is 1. The zero-order valence-corrected chi connectivity index (χ0v) is 9.21. The molecule has 0 aromatic carbocycles. The van der Waals surface area contributed by atoms with E-state index in [2.05, 4.69) is 19.2 Å². The predicted octanol–water partition coefficient (Wildman–Crippen LogP) is 1.72. The van der Waals surface area contributed by atoms with Gasteiger partial charge in [0.15, 0.2) is 0 Å². The molecule has 0 aliphatic heterocycles. The van der Waals surface area contributed by atoms with Crippen LogP contribution < -0.4 is 5.32 Å². The SMILES string of the molecule is CCCNC(CC)COC(=O)C1CC1. The molecule has 0 bridgehead atoms. The lowest BCUT2D eigenvalue weighted by Gasteiger charge is -2.16. The second kappa shape index (κ2) is 6.02. The Morgan fingerprint density at radius 3 is 2.71 bits per heavy atom. The summed E-state index contributed by atoms with van der Waals surface area (Å²) in [5.74, 6) is 0.223. The number of rotatable bonds is 7. The Bertz CT molecular complexity index is 178. The second-order valence-electron chi connectivity index (χ2n) is 3.96. The van der Waals surface area contributed by atoms with E-state index in [0.717, 1.165) is 32.2 Å². The molecule has 1 atom stereocenters. The third kappa shape index (κ3) is 4.09. The average Bonchev–Trinajstić information content (AvgIpc) is 3.01. The molecule has 3 nitrogen and oxygen atoms in total. The Morgan fingerprint density at radius 1 is 1.50 bits per heavy atom. The minimum atomic E-state index is 0.00162. The fraction of sp³-hybridized carbons (Fsp3) is 0.909. The normalized spacial score (nSPS) is 17.9. The third-order valence-electron chi connectivity index (χ3n) is 2.51. The van der Waals surface area contributed by atoms with Gasteiger partial charge in [0.2, 0.25) is 0 Å². The van der Waals surface area contributed by atoms with Crippen molar-refractivity contribution in [2.75, 3.05) is 13.2 Å². The van der Waals surface area contributed by atoms with Crippen LogP contribution in [0.2, 0.25) is 0 Å². The first-order chi connectivity index (χ1) is 6.77. The van der Waals surface area contributed by atoms with Crippen molar-refractivity contribution in [2.45, 2.75) is 45.6 Å². The van der Waals surface area contributed by atoms with Gasteiger partial charge in [-0.1, -0.05) is 13.8 Å². The summed E-state index contributed by atoms with van der Waals surface area (Å²) in [7, 11) is 0. The van der Waals surface area contributed by atoms with E-state index in [1.165, 1.54) is 0 Å². The first-order valence-electron chi connectivity index (χ1n) is 5.68. The molecule has 1 fully saturated rings. The Kier molecular flexibility index (Phi) is 4.94. The molecule has 1 unspecified atom stereocenters. The number of carbonyl (C=O) groups is 1. The monoisotopic (exact) mass is 199 g/mol. The van der Waals surface area contributed by atoms with Crippen LogP contribution in [0.5, 0.6) is 0 Å². The topological polar surface area (TPSA) is 38.3 Å². The molecule has 0 radical (unpaired) electrons. The Balaban J connectivity index is 2.09. The van der Waals surface area contributed by atoms with Crippen LogP contribution in [0.1, 0.15) is 39.5 Å². The molecule has 0 aromatic heterocycles. The second-order valence-corrected chi connectivity index (χ2v) is 3.96. The van der Waals surface area contributed by atoms with E-state index in [4.69, 9.17) is 4.74 Å². The fourth-order valence-corrected chi connectivity index (χ4v) is 1.29. The summed E-state index contributed by atoms with van der Waals surface area (Å²) >= 11 is 0. The van der Waals surface area contributed by atoms with Crippen molar-refractivity contribution >= 4 is 5.97 Å². The van der Waals surface area contributed by atoms with Gasteiger partial charge in [0.25, 0.3) is 0 Å². The maximum atomic E-state index is 11.2. The largest absolute Gasteiger partial charge is 0.464 e. The highest BCUT2D eigenvalue weighted by Crippen LogP contribution is 2.30. The summed E-state index contributed by atoms with van der Waals surface area (Å²) in [5.41, 5.74) is 0. The lowest BCUT2D eigenvalue weighted by Crippen LogP contribution is -2.34. The van der Waals surface area contributed by atoms with E-state index < -0.39 is 0 Å². The molecule has 1 saturated carbocycles. The summed E-state index contributed by atoms with van der Waals surface area (Å²) in [4.78, 5) is 11.2. The van der Waals surface area contributed by atoms with E-state index in [1.807, 2.05) is 0 Å². The first kappa shape index (κ1) is 11.5. The standard InChI is InChI=1S/C11H21NO2/c1-3-7-12-10(4-2)8-14-11(13)9-5-6-9/h9-10,12H,3-8H2,1-2H3. The van der Waals surface area contributed by atoms with E-state index in [9.17, 15) is 4.79 Å². The van der Waals surface area contributed by atoms with Crippen LogP contribution in [0, 0.1) is 5.92 Å². The fourth-order valence-electron chi connectivity index (χ4n) is 1.29. The smallest absolute Gasteiger partial charge is 0.308 e. The summed E-state index contributed by atoms with van der Waals surface area (Å²) in [6, 6.07) is 0.331. The van der Waals surface area contributed by atoms with E-state index >= 15 is 0 Å². The summed E-state index contributed by atoms with van der Waals surface area (Å²) in [5, 5.41) is 3.36. The van der Waals surface area contributed by atoms with Crippen LogP contribution in [-0.4, -0.2) is 25.2 Å². The van der Waals surface area contributed by atoms with Crippen molar-refractivity contribution in [3.05, 3.63) is 0 Å². The van der Waals surface area contributed by atoms with Crippen LogP contribution in [0.3, 0.4) is 0 Å². The van der Waals surface area contributed by atoms with Gasteiger partial charge in [-0.3, -0.25) is 4.79 Å². The molecule has 0 saturated heterocycles. The van der Waals surface area contributed by atoms with Crippen LogP contribution in [0.4, 0.5) is 0 Å². The zero-order valence-electron chi connectivity index (χ0n) is 9.21. The Morgan fingerprint density at radius 2 is 2.21 bits per heavy atom. The molecule has 0 aromatic rings. The van der Waals surface area contributed by atoms with Crippen molar-refractivity contribution in [1.29, 1.82) is 0 Å². The lowest BCUT2D eigenvalue weighted by molar-refractivity contribution is -0.145. The molecule has 1 N–H and O–H groups in total. The van der Waals surface area contributed by atoms with Crippen molar-refractivity contribution in [1.82, 2.24) is 5.32 Å². The molecule has 1 aliphatic carbocycles. The van der Waals surface area contributed by atoms with Crippen LogP contribution in [0.15, 0.2) is 0 Å². The third-order valence-corrected chi connectivity index (χ3v) is 2.51. The molecule has 0 spiro atoms. The van der Waals surface area contributed by atoms with Crippen LogP contribution in [0.25, 0.3) is 0 Å². The highest BCUT2D eigenvalue weighted by molar-refractivity contribution is 5.74. The summed E-state index contributed by atoms with van der Waals surface area (Å²) in [6.07, 6.45) is 4.18. The van der Waals surface area contributed by atoms with Crippen LogP contribution in [-0.2, 0) is 9.53 Å². The molecule has 82 valence electrons. The highest BCUT2D eigenvalue weighted by Gasteiger charge is 2.31. The molecule has 0 heterocycles. The first-order valence-corrected chi connectivity index (χ1v) is 5.68. The number of hydrogen-bond acceptors (Lipinski definition) is 3. The summed E-state index contributed by atoms with van der Waals surface area (Å²) in [6.45, 7) is 5.78. The van der Waals surface area contributed by atoms with Gasteiger partial charge in [0.1, 0.15) is 6.61 Å². The van der Waals surface area contributed by atoms with Gasteiger partial charge in [-0.15, -0.1) is 0 Å². The van der Waals surface area contributed by atoms with Crippen molar-refractivity contribution in [3.8, 4) is 0 Å². The van der Waals surface area contributed by atoms with Gasteiger partial charge >= 0.3 is 5.97 Å². The Hall–Kier alpha value is -0.570. The Labute approximate surface area is 86.2 Å². The zero-order chi connectivity index (χ0) is 10.4. The van der Waals surface area contributed by atoms with Crippen molar-refractivity contribution in [2.24, 2.45) is 5.92 Å². The number of carbonyl (C=O) groups excluding carboxylic acids is 1. The molecule has 3 heteroatoms. The van der Waals surface area contributed by atoms with Gasteiger partial charge in [0.05, 0.1) is 5.92 Å². The quantitative estimate of drug-likeness (QED) is 0.634. The molecular weight excluding hydrogens is 178 g/mol. The van der Waals surface area contributed by atoms with Crippen molar-refractivity contribution in [3.63, 3.8) is 0 Å². The number of ether oxygens (including phenoxy) is 1. The van der Waals surface area contributed by atoms with E-state index in [-0.39, 0.29) is 11.9 Å². The van der Waals surface area contributed by atoms with Gasteiger partial charge in [-0.2, -0.15) is 0 Å². The van der Waals surface area contributed by atoms with Gasteiger partial charge in [-0.05, 0) is 32.2 Å². The van der Waals surface area contributed by atoms with Gasteiger partial charge in [-0.25, -0.2) is 0 Å². The van der Waals surface area contributed by atoms with E-state index in [0.29, 0.717) is 12.6 Å².